The Morgan fingerprint density at radius 1 is 1.23 bits per heavy atom. The number of hydrogen-bond donors (Lipinski definition) is 0. The Bertz CT molecular complexity index is 678. The van der Waals surface area contributed by atoms with Crippen molar-refractivity contribution in [3.8, 4) is 5.75 Å². The molecule has 1 aliphatic rings. The summed E-state index contributed by atoms with van der Waals surface area (Å²) >= 11 is 0. The second kappa shape index (κ2) is 6.28. The van der Waals surface area contributed by atoms with Crippen LogP contribution in [0.25, 0.3) is 0 Å². The van der Waals surface area contributed by atoms with Gasteiger partial charge in [-0.15, -0.1) is 0 Å². The molecule has 0 bridgehead atoms. The maximum atomic E-state index is 12.3. The Kier molecular flexibility index (Phi) is 4.80. The van der Waals surface area contributed by atoms with E-state index in [1.54, 1.807) is 12.1 Å². The summed E-state index contributed by atoms with van der Waals surface area (Å²) in [6.45, 7) is 2.13. The van der Waals surface area contributed by atoms with Gasteiger partial charge >= 0.3 is 5.97 Å². The van der Waals surface area contributed by atoms with Crippen molar-refractivity contribution in [2.24, 2.45) is 5.92 Å². The minimum absolute atomic E-state index is 0.0888. The molecule has 0 saturated heterocycles. The van der Waals surface area contributed by atoms with Crippen molar-refractivity contribution in [3.05, 3.63) is 23.3 Å². The van der Waals surface area contributed by atoms with E-state index in [2.05, 4.69) is 6.92 Å². The van der Waals surface area contributed by atoms with Gasteiger partial charge in [0.05, 0.1) is 14.2 Å². The second-order valence-corrected chi connectivity index (χ2v) is 7.80. The monoisotopic (exact) mass is 326 g/mol. The van der Waals surface area contributed by atoms with Crippen molar-refractivity contribution in [3.63, 3.8) is 0 Å². The van der Waals surface area contributed by atoms with E-state index < -0.39 is 15.8 Å². The number of methoxy groups -OCH3 is 2. The zero-order valence-corrected chi connectivity index (χ0v) is 14.2. The molecule has 5 nitrogen and oxygen atoms in total. The molecule has 22 heavy (non-hydrogen) atoms. The standard InChI is InChI=1S/C16H22O5S/c1-10-6-5-7-11(10)12-8-9-13(16(17)21-3)14(20-2)15(12)22(4,18)19/h8-11H,5-7H2,1-4H3. The van der Waals surface area contributed by atoms with Gasteiger partial charge in [0.1, 0.15) is 10.5 Å². The Labute approximate surface area is 131 Å². The molecule has 2 rings (SSSR count). The Hall–Kier alpha value is -1.56. The number of rotatable bonds is 4. The highest BCUT2D eigenvalue weighted by Gasteiger charge is 2.33. The SMILES string of the molecule is COC(=O)c1ccc(C2CCCC2C)c(S(C)(=O)=O)c1OC. The van der Waals surface area contributed by atoms with Gasteiger partial charge in [-0.25, -0.2) is 13.2 Å². The number of benzene rings is 1. The van der Waals surface area contributed by atoms with Crippen LogP contribution >= 0.6 is 0 Å². The molecule has 2 atom stereocenters. The Morgan fingerprint density at radius 3 is 2.36 bits per heavy atom. The highest BCUT2D eigenvalue weighted by molar-refractivity contribution is 7.90. The fourth-order valence-corrected chi connectivity index (χ4v) is 4.51. The molecule has 0 aliphatic heterocycles. The predicted molar refractivity (Wildman–Crippen MR) is 83.2 cm³/mol. The van der Waals surface area contributed by atoms with Crippen molar-refractivity contribution in [2.75, 3.05) is 20.5 Å². The lowest BCUT2D eigenvalue weighted by atomic mass is 9.89. The predicted octanol–water partition coefficient (Wildman–Crippen LogP) is 2.79. The number of hydrogen-bond acceptors (Lipinski definition) is 5. The van der Waals surface area contributed by atoms with E-state index in [1.807, 2.05) is 0 Å². The van der Waals surface area contributed by atoms with Crippen LogP contribution in [0.1, 0.15) is 48.0 Å². The molecule has 1 aromatic carbocycles. The van der Waals surface area contributed by atoms with E-state index in [1.165, 1.54) is 14.2 Å². The second-order valence-electron chi connectivity index (χ2n) is 5.84. The molecule has 1 aromatic rings. The van der Waals surface area contributed by atoms with Gasteiger partial charge in [0.25, 0.3) is 0 Å². The van der Waals surface area contributed by atoms with Gasteiger partial charge in [0.2, 0.25) is 0 Å². The third-order valence-corrected chi connectivity index (χ3v) is 5.55. The first-order valence-electron chi connectivity index (χ1n) is 7.30. The van der Waals surface area contributed by atoms with Crippen molar-refractivity contribution in [2.45, 2.75) is 37.0 Å². The first-order valence-corrected chi connectivity index (χ1v) is 9.19. The smallest absolute Gasteiger partial charge is 0.341 e. The molecule has 6 heteroatoms. The van der Waals surface area contributed by atoms with E-state index in [0.29, 0.717) is 5.92 Å². The molecule has 0 heterocycles. The van der Waals surface area contributed by atoms with Crippen molar-refractivity contribution in [1.82, 2.24) is 0 Å². The minimum Gasteiger partial charge on any atom is -0.494 e. The van der Waals surface area contributed by atoms with Crippen molar-refractivity contribution in [1.29, 1.82) is 0 Å². The minimum atomic E-state index is -3.53. The maximum absolute atomic E-state index is 12.3. The van der Waals surface area contributed by atoms with E-state index >= 15 is 0 Å². The molecule has 1 fully saturated rings. The number of carbonyl (C=O) groups excluding carboxylic acids is 1. The molecule has 1 saturated carbocycles. The van der Waals surface area contributed by atoms with Gasteiger partial charge in [-0.2, -0.15) is 0 Å². The first kappa shape index (κ1) is 16.8. The lowest BCUT2D eigenvalue weighted by Crippen LogP contribution is -2.14. The molecule has 1 aliphatic carbocycles. The van der Waals surface area contributed by atoms with Gasteiger partial charge in [-0.3, -0.25) is 0 Å². The lowest BCUT2D eigenvalue weighted by molar-refractivity contribution is 0.0596. The Morgan fingerprint density at radius 2 is 1.91 bits per heavy atom. The van der Waals surface area contributed by atoms with Crippen LogP contribution in [0, 0.1) is 5.92 Å². The van der Waals surface area contributed by atoms with Crippen molar-refractivity contribution >= 4 is 15.8 Å². The largest absolute Gasteiger partial charge is 0.494 e. The molecule has 0 N–H and O–H groups in total. The van der Waals surface area contributed by atoms with Crippen LogP contribution in [0.5, 0.6) is 5.75 Å². The normalized spacial score (nSPS) is 21.6. The highest BCUT2D eigenvalue weighted by atomic mass is 32.2. The van der Waals surface area contributed by atoms with E-state index in [-0.39, 0.29) is 22.1 Å². The topological polar surface area (TPSA) is 69.7 Å². The molecule has 0 amide bonds. The molecular formula is C16H22O5S. The molecule has 2 unspecified atom stereocenters. The first-order chi connectivity index (χ1) is 10.3. The van der Waals surface area contributed by atoms with Gasteiger partial charge in [-0.05, 0) is 29.9 Å². The number of carbonyl (C=O) groups is 1. The maximum Gasteiger partial charge on any atom is 0.341 e. The van der Waals surface area contributed by atoms with Gasteiger partial charge in [-0.1, -0.05) is 25.8 Å². The summed E-state index contributed by atoms with van der Waals surface area (Å²) in [5, 5.41) is 0. The third kappa shape index (κ3) is 2.97. The summed E-state index contributed by atoms with van der Waals surface area (Å²) in [4.78, 5) is 12.0. The fraction of sp³-hybridized carbons (Fsp3) is 0.562. The third-order valence-electron chi connectivity index (χ3n) is 4.38. The van der Waals surface area contributed by atoms with Gasteiger partial charge < -0.3 is 9.47 Å². The number of ether oxygens (including phenoxy) is 2. The zero-order valence-electron chi connectivity index (χ0n) is 13.4. The summed E-state index contributed by atoms with van der Waals surface area (Å²) in [6, 6.07) is 3.33. The van der Waals surface area contributed by atoms with Crippen LogP contribution in [-0.4, -0.2) is 34.9 Å². The van der Waals surface area contributed by atoms with Crippen LogP contribution in [0.3, 0.4) is 0 Å². The molecule has 0 spiro atoms. The Balaban J connectivity index is 2.73. The van der Waals surface area contributed by atoms with E-state index in [0.717, 1.165) is 31.1 Å². The number of esters is 1. The van der Waals surface area contributed by atoms with E-state index in [4.69, 9.17) is 9.47 Å². The average Bonchev–Trinajstić information content (AvgIpc) is 2.89. The summed E-state index contributed by atoms with van der Waals surface area (Å²) in [7, 11) is -0.902. The molecule has 0 aromatic heterocycles. The van der Waals surface area contributed by atoms with Crippen LogP contribution in [0.15, 0.2) is 17.0 Å². The summed E-state index contributed by atoms with van der Waals surface area (Å²) in [5.74, 6) is 0.0678. The fourth-order valence-electron chi connectivity index (χ4n) is 3.33. The summed E-state index contributed by atoms with van der Waals surface area (Å²) < 4.78 is 34.7. The van der Waals surface area contributed by atoms with Gasteiger partial charge in [0.15, 0.2) is 15.6 Å². The van der Waals surface area contributed by atoms with E-state index in [9.17, 15) is 13.2 Å². The van der Waals surface area contributed by atoms with Crippen LogP contribution in [-0.2, 0) is 14.6 Å². The van der Waals surface area contributed by atoms with Crippen LogP contribution < -0.4 is 4.74 Å². The number of sulfone groups is 1. The molecular weight excluding hydrogens is 304 g/mol. The van der Waals surface area contributed by atoms with Gasteiger partial charge in [0, 0.05) is 6.26 Å². The van der Waals surface area contributed by atoms with Crippen LogP contribution in [0.4, 0.5) is 0 Å². The molecule has 0 radical (unpaired) electrons. The summed E-state index contributed by atoms with van der Waals surface area (Å²) in [5.41, 5.74) is 0.886. The lowest BCUT2D eigenvalue weighted by Gasteiger charge is -2.22. The quantitative estimate of drug-likeness (QED) is 0.796. The summed E-state index contributed by atoms with van der Waals surface area (Å²) in [6.07, 6.45) is 4.25. The van der Waals surface area contributed by atoms with Crippen LogP contribution in [0.2, 0.25) is 0 Å². The zero-order chi connectivity index (χ0) is 16.5. The highest BCUT2D eigenvalue weighted by Crippen LogP contribution is 2.44. The van der Waals surface area contributed by atoms with Crippen molar-refractivity contribution < 1.29 is 22.7 Å². The molecule has 122 valence electrons. The average molecular weight is 326 g/mol.